The van der Waals surface area contributed by atoms with Gasteiger partial charge >= 0.3 is 5.97 Å². The van der Waals surface area contributed by atoms with E-state index in [0.717, 1.165) is 32.1 Å². The quantitative estimate of drug-likeness (QED) is 0.619. The van der Waals surface area contributed by atoms with Crippen LogP contribution in [0.3, 0.4) is 0 Å². The molecule has 6 nitrogen and oxygen atoms in total. The van der Waals surface area contributed by atoms with Crippen molar-refractivity contribution >= 4 is 17.5 Å². The molecule has 172 valence electrons. The third-order valence-electron chi connectivity index (χ3n) is 10.0. The molecule has 0 amide bonds. The van der Waals surface area contributed by atoms with E-state index in [4.69, 9.17) is 14.2 Å². The van der Waals surface area contributed by atoms with Gasteiger partial charge in [-0.05, 0) is 62.2 Å². The summed E-state index contributed by atoms with van der Waals surface area (Å²) in [5, 5.41) is 0. The monoisotopic (exact) mass is 432 g/mol. The van der Waals surface area contributed by atoms with E-state index in [2.05, 4.69) is 13.8 Å². The molecule has 1 aliphatic heterocycles. The van der Waals surface area contributed by atoms with Gasteiger partial charge in [-0.3, -0.25) is 14.4 Å². The predicted molar refractivity (Wildman–Crippen MR) is 112 cm³/mol. The van der Waals surface area contributed by atoms with Crippen LogP contribution < -0.4 is 0 Å². The second kappa shape index (κ2) is 7.11. The minimum atomic E-state index is -0.749. The zero-order chi connectivity index (χ0) is 22.2. The number of ether oxygens (including phenoxy) is 3. The van der Waals surface area contributed by atoms with Crippen LogP contribution in [0.1, 0.15) is 72.6 Å². The van der Waals surface area contributed by atoms with Crippen molar-refractivity contribution in [1.29, 1.82) is 0 Å². The van der Waals surface area contributed by atoms with E-state index in [-0.39, 0.29) is 53.2 Å². The average Bonchev–Trinajstić information content (AvgIpc) is 3.26. The fourth-order valence-electron chi connectivity index (χ4n) is 8.85. The lowest BCUT2D eigenvalue weighted by molar-refractivity contribution is -0.234. The molecule has 1 heterocycles. The number of hydrogen-bond donors (Lipinski definition) is 0. The van der Waals surface area contributed by atoms with Crippen molar-refractivity contribution in [2.75, 3.05) is 13.2 Å². The molecule has 1 saturated heterocycles. The molecule has 8 atom stereocenters. The second-order valence-electron chi connectivity index (χ2n) is 11.4. The molecule has 0 aromatic rings. The number of carbonyl (C=O) groups is 3. The van der Waals surface area contributed by atoms with Crippen LogP contribution in [0.15, 0.2) is 0 Å². The van der Waals surface area contributed by atoms with E-state index in [9.17, 15) is 14.4 Å². The van der Waals surface area contributed by atoms with Gasteiger partial charge < -0.3 is 14.2 Å². The van der Waals surface area contributed by atoms with Gasteiger partial charge in [0.05, 0.1) is 19.6 Å². The van der Waals surface area contributed by atoms with Crippen LogP contribution in [0.2, 0.25) is 0 Å². The van der Waals surface area contributed by atoms with Gasteiger partial charge in [-0.25, -0.2) is 0 Å². The van der Waals surface area contributed by atoms with E-state index in [1.54, 1.807) is 6.92 Å². The Kier molecular flexibility index (Phi) is 4.95. The first-order chi connectivity index (χ1) is 14.6. The lowest BCUT2D eigenvalue weighted by Crippen LogP contribution is -2.64. The van der Waals surface area contributed by atoms with Crippen LogP contribution in [-0.4, -0.2) is 42.6 Å². The topological polar surface area (TPSA) is 78.9 Å². The normalized spacial score (nSPS) is 48.1. The Morgan fingerprint density at radius 1 is 1.00 bits per heavy atom. The Morgan fingerprint density at radius 2 is 1.71 bits per heavy atom. The standard InChI is InChI=1S/C25H36O6/c1-14(26)18-7-8-19-17-6-5-16-11-25(29-9-10-30-25)13-21(28)24(16,4)22(17)20(31-15(2)27)12-23(18,19)3/h16-20,22H,5-13H2,1-4H3/t16-,17+,18-,19-,20-,22-,23+,24+/m0/s1. The summed E-state index contributed by atoms with van der Waals surface area (Å²) in [7, 11) is 0. The number of carbonyl (C=O) groups excluding carboxylic acids is 3. The highest BCUT2D eigenvalue weighted by Gasteiger charge is 2.68. The van der Waals surface area contributed by atoms with Crippen molar-refractivity contribution in [3.8, 4) is 0 Å². The maximum atomic E-state index is 13.8. The highest BCUT2D eigenvalue weighted by atomic mass is 16.7. The molecule has 5 rings (SSSR count). The third-order valence-corrected chi connectivity index (χ3v) is 10.0. The summed E-state index contributed by atoms with van der Waals surface area (Å²) in [4.78, 5) is 38.4. The summed E-state index contributed by atoms with van der Waals surface area (Å²) in [6.45, 7) is 8.61. The van der Waals surface area contributed by atoms with Crippen LogP contribution in [0.5, 0.6) is 0 Å². The number of rotatable bonds is 2. The number of hydrogen-bond acceptors (Lipinski definition) is 6. The first-order valence-electron chi connectivity index (χ1n) is 12.1. The summed E-state index contributed by atoms with van der Waals surface area (Å²) in [6.07, 6.45) is 5.29. The van der Waals surface area contributed by atoms with Gasteiger partial charge in [0.2, 0.25) is 0 Å². The van der Waals surface area contributed by atoms with Crippen LogP contribution in [-0.2, 0) is 28.6 Å². The van der Waals surface area contributed by atoms with Gasteiger partial charge in [0, 0.05) is 30.6 Å². The molecule has 0 aromatic heterocycles. The molecular formula is C25H36O6. The summed E-state index contributed by atoms with van der Waals surface area (Å²) in [5.41, 5.74) is -0.702. The van der Waals surface area contributed by atoms with Crippen molar-refractivity contribution in [3.63, 3.8) is 0 Å². The minimum Gasteiger partial charge on any atom is -0.462 e. The van der Waals surface area contributed by atoms with Crippen molar-refractivity contribution in [3.05, 3.63) is 0 Å². The van der Waals surface area contributed by atoms with Crippen molar-refractivity contribution in [2.45, 2.75) is 84.5 Å². The zero-order valence-corrected chi connectivity index (χ0v) is 19.3. The van der Waals surface area contributed by atoms with Gasteiger partial charge in [-0.15, -0.1) is 0 Å². The lowest BCUT2D eigenvalue weighted by atomic mass is 9.43. The van der Waals surface area contributed by atoms with Gasteiger partial charge in [0.15, 0.2) is 5.79 Å². The van der Waals surface area contributed by atoms with Crippen LogP contribution in [0.4, 0.5) is 0 Å². The van der Waals surface area contributed by atoms with Gasteiger partial charge in [0.25, 0.3) is 0 Å². The first-order valence-corrected chi connectivity index (χ1v) is 12.1. The SMILES string of the molecule is CC(=O)O[C@H]1C[C@]2(C)[C@H](C(C)=O)CC[C@H]2[C@H]2CC[C@H]3CC4(CC(=O)[C@]3(C)[C@@H]21)OCCO4. The average molecular weight is 433 g/mol. The molecule has 0 N–H and O–H groups in total. The highest BCUT2D eigenvalue weighted by Crippen LogP contribution is 2.68. The van der Waals surface area contributed by atoms with E-state index < -0.39 is 11.2 Å². The fourth-order valence-corrected chi connectivity index (χ4v) is 8.85. The summed E-state index contributed by atoms with van der Waals surface area (Å²) < 4.78 is 17.8. The van der Waals surface area contributed by atoms with Gasteiger partial charge in [0.1, 0.15) is 17.7 Å². The summed E-state index contributed by atoms with van der Waals surface area (Å²) in [6, 6.07) is 0. The molecular weight excluding hydrogens is 396 g/mol. The Hall–Kier alpha value is -1.27. The van der Waals surface area contributed by atoms with Crippen molar-refractivity contribution < 1.29 is 28.6 Å². The van der Waals surface area contributed by atoms with Crippen LogP contribution >= 0.6 is 0 Å². The Labute approximate surface area is 184 Å². The van der Waals surface area contributed by atoms with E-state index in [0.29, 0.717) is 31.5 Å². The molecule has 5 fully saturated rings. The van der Waals surface area contributed by atoms with E-state index >= 15 is 0 Å². The number of ketones is 2. The maximum Gasteiger partial charge on any atom is 0.302 e. The van der Waals surface area contributed by atoms with Crippen LogP contribution in [0.25, 0.3) is 0 Å². The minimum absolute atomic E-state index is 0.00480. The smallest absolute Gasteiger partial charge is 0.302 e. The highest BCUT2D eigenvalue weighted by molar-refractivity contribution is 5.87. The molecule has 0 bridgehead atoms. The molecule has 4 aliphatic carbocycles. The Bertz CT molecular complexity index is 800. The lowest BCUT2D eigenvalue weighted by Gasteiger charge is -2.62. The fraction of sp³-hybridized carbons (Fsp3) is 0.880. The largest absolute Gasteiger partial charge is 0.462 e. The summed E-state index contributed by atoms with van der Waals surface area (Å²) in [5.74, 6) is 0.296. The molecule has 6 heteroatoms. The van der Waals surface area contributed by atoms with Gasteiger partial charge in [-0.2, -0.15) is 0 Å². The molecule has 0 aromatic carbocycles. The van der Waals surface area contributed by atoms with Crippen LogP contribution in [0, 0.1) is 40.4 Å². The van der Waals surface area contributed by atoms with Crippen molar-refractivity contribution in [1.82, 2.24) is 0 Å². The molecule has 5 aliphatic rings. The Morgan fingerprint density at radius 3 is 2.35 bits per heavy atom. The third kappa shape index (κ3) is 3.00. The summed E-state index contributed by atoms with van der Waals surface area (Å²) >= 11 is 0. The number of Topliss-reactive ketones (excluding diaryl/α,β-unsaturated/α-hetero) is 2. The number of fused-ring (bicyclic) bond motifs is 5. The molecule has 1 spiro atoms. The molecule has 0 unspecified atom stereocenters. The van der Waals surface area contributed by atoms with E-state index in [1.165, 1.54) is 6.92 Å². The van der Waals surface area contributed by atoms with E-state index in [1.807, 2.05) is 0 Å². The maximum absolute atomic E-state index is 13.8. The predicted octanol–water partition coefficient (Wildman–Crippen LogP) is 3.70. The van der Waals surface area contributed by atoms with Crippen molar-refractivity contribution in [2.24, 2.45) is 40.4 Å². The molecule has 4 saturated carbocycles. The molecule has 31 heavy (non-hydrogen) atoms. The zero-order valence-electron chi connectivity index (χ0n) is 19.3. The second-order valence-corrected chi connectivity index (χ2v) is 11.4. The van der Waals surface area contributed by atoms with Gasteiger partial charge in [-0.1, -0.05) is 13.8 Å². The molecule has 0 radical (unpaired) electrons. The number of esters is 1. The Balaban J connectivity index is 1.53. The first kappa shape index (κ1) is 21.6.